The number of hydrogen-bond donors (Lipinski definition) is 2. The largest absolute Gasteiger partial charge is 0.393 e. The Morgan fingerprint density at radius 3 is 2.43 bits per heavy atom. The predicted octanol–water partition coefficient (Wildman–Crippen LogP) is 5.37. The molecule has 2 N–H and O–H groups in total. The van der Waals surface area contributed by atoms with Crippen LogP contribution >= 0.6 is 0 Å². The summed E-state index contributed by atoms with van der Waals surface area (Å²) in [6, 6.07) is 0. The molecule has 30 heavy (non-hydrogen) atoms. The molecular weight excluding hydrogens is 370 g/mol. The first-order valence-electron chi connectivity index (χ1n) is 13.4. The molecule has 1 spiro atoms. The van der Waals surface area contributed by atoms with Gasteiger partial charge in [-0.2, -0.15) is 0 Å². The summed E-state index contributed by atoms with van der Waals surface area (Å²) in [6.07, 6.45) is 13.2. The highest BCUT2D eigenvalue weighted by Crippen LogP contribution is 2.71. The van der Waals surface area contributed by atoms with Gasteiger partial charge < -0.3 is 9.84 Å². The Hall–Kier alpha value is -0.120. The molecule has 4 aliphatic carbocycles. The number of hydrogen-bond acceptors (Lipinski definition) is 3. The summed E-state index contributed by atoms with van der Waals surface area (Å²) in [5.74, 6) is 5.57. The zero-order valence-corrected chi connectivity index (χ0v) is 19.8. The topological polar surface area (TPSA) is 41.5 Å². The number of piperidine rings is 1. The molecular formula is C27H45NO2. The van der Waals surface area contributed by atoms with Crippen molar-refractivity contribution in [2.75, 3.05) is 6.54 Å². The number of rotatable bonds is 0. The average molecular weight is 416 g/mol. The van der Waals surface area contributed by atoms with Crippen LogP contribution in [0.4, 0.5) is 0 Å². The Labute approximate surface area is 184 Å². The Balaban J connectivity index is 1.26. The van der Waals surface area contributed by atoms with Crippen LogP contribution in [-0.4, -0.2) is 29.6 Å². The van der Waals surface area contributed by atoms with E-state index < -0.39 is 0 Å². The molecule has 6 rings (SSSR count). The quantitative estimate of drug-likeness (QED) is 0.559. The third-order valence-corrected chi connectivity index (χ3v) is 12.1. The van der Waals surface area contributed by atoms with E-state index >= 15 is 0 Å². The number of aliphatic hydroxyl groups is 1. The van der Waals surface area contributed by atoms with Crippen molar-refractivity contribution in [3.05, 3.63) is 0 Å². The van der Waals surface area contributed by atoms with Gasteiger partial charge in [0.25, 0.3) is 0 Å². The first kappa shape index (κ1) is 20.5. The van der Waals surface area contributed by atoms with Crippen LogP contribution in [0, 0.1) is 52.3 Å². The summed E-state index contributed by atoms with van der Waals surface area (Å²) in [5, 5.41) is 14.2. The van der Waals surface area contributed by atoms with Gasteiger partial charge in [0.05, 0.1) is 12.2 Å². The van der Waals surface area contributed by atoms with Gasteiger partial charge in [0.2, 0.25) is 0 Å². The molecule has 12 atom stereocenters. The highest BCUT2D eigenvalue weighted by Gasteiger charge is 2.68. The molecule has 2 heterocycles. The van der Waals surface area contributed by atoms with E-state index in [0.29, 0.717) is 22.9 Å². The number of nitrogens with one attached hydrogen (secondary N) is 1. The van der Waals surface area contributed by atoms with E-state index in [1.807, 2.05) is 0 Å². The Morgan fingerprint density at radius 1 is 0.867 bits per heavy atom. The number of ether oxygens (including phenoxy) is 1. The van der Waals surface area contributed by atoms with E-state index in [0.717, 1.165) is 54.9 Å². The summed E-state index contributed by atoms with van der Waals surface area (Å²) in [4.78, 5) is 0. The van der Waals surface area contributed by atoms with E-state index in [2.05, 4.69) is 33.0 Å². The molecule has 2 saturated heterocycles. The van der Waals surface area contributed by atoms with Crippen molar-refractivity contribution in [3.8, 4) is 0 Å². The van der Waals surface area contributed by atoms with Crippen molar-refractivity contribution in [3.63, 3.8) is 0 Å². The van der Waals surface area contributed by atoms with Crippen LogP contribution in [0.5, 0.6) is 0 Å². The standard InChI is InChI=1S/C27H45NO2/c1-16-7-12-27(28-15-16)17(2)24-23(30-27)14-22-20-6-5-18-13-19(29)8-10-25(18,3)21(20)9-11-26(22,24)4/h16-24,28-29H,5-15H2,1-4H3/t16?,17?,18?,19?,20?,21?,22?,23?,24?,25-,26-,27+/m0/s1. The van der Waals surface area contributed by atoms with Gasteiger partial charge in [0, 0.05) is 12.5 Å². The zero-order valence-electron chi connectivity index (χ0n) is 19.8. The van der Waals surface area contributed by atoms with Crippen molar-refractivity contribution in [2.24, 2.45) is 52.3 Å². The third-order valence-electron chi connectivity index (χ3n) is 12.1. The molecule has 2 aliphatic heterocycles. The maximum atomic E-state index is 10.3. The number of aliphatic hydroxyl groups excluding tert-OH is 1. The van der Waals surface area contributed by atoms with Gasteiger partial charge in [0.15, 0.2) is 0 Å². The van der Waals surface area contributed by atoms with Crippen molar-refractivity contribution in [2.45, 2.75) is 110 Å². The Bertz CT molecular complexity index is 686. The normalized spacial score (nSPS) is 62.5. The minimum Gasteiger partial charge on any atom is -0.393 e. The van der Waals surface area contributed by atoms with Gasteiger partial charge in [-0.15, -0.1) is 0 Å². The monoisotopic (exact) mass is 415 g/mol. The molecule has 3 heteroatoms. The van der Waals surface area contributed by atoms with Crippen molar-refractivity contribution < 1.29 is 9.84 Å². The Kier molecular flexibility index (Phi) is 4.58. The summed E-state index contributed by atoms with van der Waals surface area (Å²) >= 11 is 0. The molecule has 0 aromatic rings. The molecule has 6 fully saturated rings. The van der Waals surface area contributed by atoms with Gasteiger partial charge in [0.1, 0.15) is 5.72 Å². The van der Waals surface area contributed by atoms with Crippen LogP contribution in [0.3, 0.4) is 0 Å². The second-order valence-corrected chi connectivity index (χ2v) is 13.3. The second kappa shape index (κ2) is 6.70. The van der Waals surface area contributed by atoms with Crippen LogP contribution < -0.4 is 5.32 Å². The first-order valence-corrected chi connectivity index (χ1v) is 13.4. The summed E-state index contributed by atoms with van der Waals surface area (Å²) in [6.45, 7) is 11.3. The van der Waals surface area contributed by atoms with Crippen molar-refractivity contribution in [1.29, 1.82) is 0 Å². The van der Waals surface area contributed by atoms with Gasteiger partial charge in [-0.05, 0) is 111 Å². The second-order valence-electron chi connectivity index (χ2n) is 13.3. The number of fused-ring (bicyclic) bond motifs is 7. The summed E-state index contributed by atoms with van der Waals surface area (Å²) in [7, 11) is 0. The molecule has 9 unspecified atom stereocenters. The van der Waals surface area contributed by atoms with Gasteiger partial charge >= 0.3 is 0 Å². The molecule has 3 nitrogen and oxygen atoms in total. The molecule has 0 aromatic heterocycles. The fourth-order valence-electron chi connectivity index (χ4n) is 10.4. The summed E-state index contributed by atoms with van der Waals surface area (Å²) < 4.78 is 7.01. The molecule has 4 saturated carbocycles. The SMILES string of the molecule is CC1CC[C@@]2(NC1)OC1CC3C4CCC5CC(O)CC[C@]5(C)C4CC[C@]3(C)C1C2C. The average Bonchev–Trinajstić information content (AvgIpc) is 3.16. The third kappa shape index (κ3) is 2.61. The Morgan fingerprint density at radius 2 is 1.67 bits per heavy atom. The molecule has 0 radical (unpaired) electrons. The molecule has 0 amide bonds. The maximum absolute atomic E-state index is 10.3. The lowest BCUT2D eigenvalue weighted by molar-refractivity contribution is -0.140. The van der Waals surface area contributed by atoms with Gasteiger partial charge in [-0.25, -0.2) is 0 Å². The van der Waals surface area contributed by atoms with E-state index in [1.54, 1.807) is 0 Å². The molecule has 170 valence electrons. The fourth-order valence-corrected chi connectivity index (χ4v) is 10.4. The van der Waals surface area contributed by atoms with Crippen molar-refractivity contribution in [1.82, 2.24) is 5.32 Å². The predicted molar refractivity (Wildman–Crippen MR) is 120 cm³/mol. The zero-order chi connectivity index (χ0) is 20.9. The highest BCUT2D eigenvalue weighted by molar-refractivity contribution is 5.16. The van der Waals surface area contributed by atoms with E-state index in [9.17, 15) is 5.11 Å². The van der Waals surface area contributed by atoms with E-state index in [1.165, 1.54) is 51.4 Å². The van der Waals surface area contributed by atoms with E-state index in [4.69, 9.17) is 4.74 Å². The minimum atomic E-state index is -0.0320. The minimum absolute atomic E-state index is 0.0319. The maximum Gasteiger partial charge on any atom is 0.122 e. The lowest BCUT2D eigenvalue weighted by Crippen LogP contribution is -2.57. The lowest BCUT2D eigenvalue weighted by atomic mass is 9.44. The smallest absolute Gasteiger partial charge is 0.122 e. The molecule has 6 aliphatic rings. The molecule has 0 bridgehead atoms. The van der Waals surface area contributed by atoms with Crippen LogP contribution in [0.15, 0.2) is 0 Å². The first-order chi connectivity index (χ1) is 14.3. The van der Waals surface area contributed by atoms with Crippen molar-refractivity contribution >= 4 is 0 Å². The van der Waals surface area contributed by atoms with E-state index in [-0.39, 0.29) is 11.8 Å². The van der Waals surface area contributed by atoms with Gasteiger partial charge in [-0.1, -0.05) is 27.7 Å². The van der Waals surface area contributed by atoms with Crippen LogP contribution in [0.25, 0.3) is 0 Å². The van der Waals surface area contributed by atoms with Gasteiger partial charge in [-0.3, -0.25) is 5.32 Å². The summed E-state index contributed by atoms with van der Waals surface area (Å²) in [5.41, 5.74) is 0.919. The fraction of sp³-hybridized carbons (Fsp3) is 1.00. The van der Waals surface area contributed by atoms with Crippen LogP contribution in [0.1, 0.15) is 91.9 Å². The van der Waals surface area contributed by atoms with Crippen LogP contribution in [0.2, 0.25) is 0 Å². The highest BCUT2D eigenvalue weighted by atomic mass is 16.5. The van der Waals surface area contributed by atoms with Crippen LogP contribution in [-0.2, 0) is 4.74 Å². The molecule has 0 aromatic carbocycles. The lowest BCUT2D eigenvalue weighted by Gasteiger charge is -2.61.